The lowest BCUT2D eigenvalue weighted by atomic mass is 9.87. The van der Waals surface area contributed by atoms with Gasteiger partial charge in [-0.25, -0.2) is 13.8 Å². The van der Waals surface area contributed by atoms with E-state index >= 15 is 0 Å². The van der Waals surface area contributed by atoms with E-state index in [1.54, 1.807) is 6.20 Å². The molecule has 0 amide bonds. The third-order valence-corrected chi connectivity index (χ3v) is 4.49. The number of halogens is 2. The number of rotatable bonds is 3. The SMILES string of the molecule is Cc1ccnc(N2CCC(C(O)c3cc(F)ccc3F)CC2)c1. The van der Waals surface area contributed by atoms with Crippen LogP contribution in [0.25, 0.3) is 0 Å². The van der Waals surface area contributed by atoms with Gasteiger partial charge in [-0.2, -0.15) is 0 Å². The molecule has 1 aliphatic heterocycles. The van der Waals surface area contributed by atoms with Crippen molar-refractivity contribution in [3.05, 3.63) is 59.3 Å². The molecule has 1 aliphatic rings. The number of aliphatic hydroxyl groups excluding tert-OH is 1. The van der Waals surface area contributed by atoms with Gasteiger partial charge in [-0.15, -0.1) is 0 Å². The fourth-order valence-corrected chi connectivity index (χ4v) is 3.13. The van der Waals surface area contributed by atoms with Crippen LogP contribution in [0, 0.1) is 24.5 Å². The molecule has 2 heterocycles. The van der Waals surface area contributed by atoms with E-state index in [-0.39, 0.29) is 11.5 Å². The number of nitrogens with zero attached hydrogens (tertiary/aromatic N) is 2. The monoisotopic (exact) mass is 318 g/mol. The minimum Gasteiger partial charge on any atom is -0.388 e. The molecule has 0 saturated carbocycles. The van der Waals surface area contributed by atoms with Gasteiger partial charge in [-0.1, -0.05) is 0 Å². The third-order valence-electron chi connectivity index (χ3n) is 4.49. The largest absolute Gasteiger partial charge is 0.388 e. The molecule has 1 fully saturated rings. The highest BCUT2D eigenvalue weighted by atomic mass is 19.1. The Hall–Kier alpha value is -2.01. The quantitative estimate of drug-likeness (QED) is 0.939. The first-order valence-electron chi connectivity index (χ1n) is 7.85. The normalized spacial score (nSPS) is 17.3. The van der Waals surface area contributed by atoms with E-state index in [0.717, 1.165) is 42.7 Å². The summed E-state index contributed by atoms with van der Waals surface area (Å²) in [5, 5.41) is 10.4. The second-order valence-electron chi connectivity index (χ2n) is 6.13. The number of hydrogen-bond donors (Lipinski definition) is 1. The van der Waals surface area contributed by atoms with Crippen molar-refractivity contribution < 1.29 is 13.9 Å². The molecule has 0 spiro atoms. The van der Waals surface area contributed by atoms with Gasteiger partial charge in [0.2, 0.25) is 0 Å². The minimum atomic E-state index is -0.974. The zero-order chi connectivity index (χ0) is 16.4. The van der Waals surface area contributed by atoms with E-state index in [9.17, 15) is 13.9 Å². The molecule has 122 valence electrons. The molecule has 1 N–H and O–H groups in total. The van der Waals surface area contributed by atoms with E-state index in [4.69, 9.17) is 0 Å². The summed E-state index contributed by atoms with van der Waals surface area (Å²) in [5.74, 6) is -0.231. The van der Waals surface area contributed by atoms with Crippen molar-refractivity contribution >= 4 is 5.82 Å². The van der Waals surface area contributed by atoms with Gasteiger partial charge in [-0.3, -0.25) is 0 Å². The van der Waals surface area contributed by atoms with Gasteiger partial charge < -0.3 is 10.0 Å². The van der Waals surface area contributed by atoms with Crippen LogP contribution in [-0.2, 0) is 0 Å². The number of aryl methyl sites for hydroxylation is 1. The number of benzene rings is 1. The van der Waals surface area contributed by atoms with Crippen LogP contribution in [0.4, 0.5) is 14.6 Å². The first-order chi connectivity index (χ1) is 11.0. The molecule has 3 nitrogen and oxygen atoms in total. The predicted molar refractivity (Wildman–Crippen MR) is 85.2 cm³/mol. The number of pyridine rings is 1. The van der Waals surface area contributed by atoms with E-state index < -0.39 is 17.7 Å². The van der Waals surface area contributed by atoms with Crippen molar-refractivity contribution in [3.8, 4) is 0 Å². The molecule has 1 atom stereocenters. The van der Waals surface area contributed by atoms with E-state index in [1.807, 2.05) is 19.1 Å². The minimum absolute atomic E-state index is 0.0529. The zero-order valence-electron chi connectivity index (χ0n) is 13.0. The standard InChI is InChI=1S/C18H20F2N2O/c1-12-4-7-21-17(10-12)22-8-5-13(6-9-22)18(23)15-11-14(19)2-3-16(15)20/h2-4,7,10-11,13,18,23H,5-6,8-9H2,1H3. The first kappa shape index (κ1) is 15.9. The van der Waals surface area contributed by atoms with Gasteiger partial charge in [0.05, 0.1) is 6.10 Å². The highest BCUT2D eigenvalue weighted by Gasteiger charge is 2.28. The highest BCUT2D eigenvalue weighted by molar-refractivity contribution is 5.41. The summed E-state index contributed by atoms with van der Waals surface area (Å²) in [6.07, 6.45) is 2.24. The van der Waals surface area contributed by atoms with Gasteiger partial charge in [0.25, 0.3) is 0 Å². The Morgan fingerprint density at radius 2 is 1.91 bits per heavy atom. The molecule has 0 aliphatic carbocycles. The average Bonchev–Trinajstić information content (AvgIpc) is 2.56. The predicted octanol–water partition coefficient (Wildman–Crippen LogP) is 3.62. The average molecular weight is 318 g/mol. The molecule has 1 aromatic heterocycles. The molecule has 1 saturated heterocycles. The smallest absolute Gasteiger partial charge is 0.129 e. The summed E-state index contributed by atoms with van der Waals surface area (Å²) in [6.45, 7) is 3.51. The molecule has 0 bridgehead atoms. The lowest BCUT2D eigenvalue weighted by molar-refractivity contribution is 0.0891. The molecule has 23 heavy (non-hydrogen) atoms. The number of piperidine rings is 1. The van der Waals surface area contributed by atoms with Gasteiger partial charge in [0, 0.05) is 24.8 Å². The summed E-state index contributed by atoms with van der Waals surface area (Å²) < 4.78 is 27.1. The van der Waals surface area contributed by atoms with Crippen LogP contribution < -0.4 is 4.90 Å². The Bertz CT molecular complexity index is 684. The van der Waals surface area contributed by atoms with Crippen molar-refractivity contribution in [2.75, 3.05) is 18.0 Å². The topological polar surface area (TPSA) is 36.4 Å². The van der Waals surface area contributed by atoms with Crippen molar-refractivity contribution in [1.82, 2.24) is 4.98 Å². The zero-order valence-corrected chi connectivity index (χ0v) is 13.0. The summed E-state index contributed by atoms with van der Waals surface area (Å²) in [7, 11) is 0. The van der Waals surface area contributed by atoms with Crippen molar-refractivity contribution in [3.63, 3.8) is 0 Å². The van der Waals surface area contributed by atoms with Crippen molar-refractivity contribution in [2.45, 2.75) is 25.9 Å². The maximum Gasteiger partial charge on any atom is 0.129 e. The molecule has 1 unspecified atom stereocenters. The summed E-state index contributed by atoms with van der Waals surface area (Å²) in [6, 6.07) is 7.21. The van der Waals surface area contributed by atoms with E-state index in [1.165, 1.54) is 0 Å². The second kappa shape index (κ2) is 6.62. The van der Waals surface area contributed by atoms with Crippen molar-refractivity contribution in [2.24, 2.45) is 5.92 Å². The van der Waals surface area contributed by atoms with Crippen LogP contribution in [-0.4, -0.2) is 23.2 Å². The van der Waals surface area contributed by atoms with E-state index in [0.29, 0.717) is 12.8 Å². The number of anilines is 1. The highest BCUT2D eigenvalue weighted by Crippen LogP contribution is 2.33. The summed E-state index contributed by atoms with van der Waals surface area (Å²) >= 11 is 0. The lowest BCUT2D eigenvalue weighted by Crippen LogP contribution is -2.36. The Balaban J connectivity index is 1.68. The molecule has 2 aromatic rings. The van der Waals surface area contributed by atoms with Crippen molar-refractivity contribution in [1.29, 1.82) is 0 Å². The second-order valence-corrected chi connectivity index (χ2v) is 6.13. The number of hydrogen-bond acceptors (Lipinski definition) is 3. The van der Waals surface area contributed by atoms with Crippen LogP contribution in [0.5, 0.6) is 0 Å². The molecule has 1 aromatic carbocycles. The maximum absolute atomic E-state index is 13.8. The van der Waals surface area contributed by atoms with Crippen LogP contribution in [0.3, 0.4) is 0 Å². The summed E-state index contributed by atoms with van der Waals surface area (Å²) in [5.41, 5.74) is 1.20. The first-order valence-corrected chi connectivity index (χ1v) is 7.85. The number of aliphatic hydroxyl groups is 1. The molecular formula is C18H20F2N2O. The van der Waals surface area contributed by atoms with Gasteiger partial charge >= 0.3 is 0 Å². The molecular weight excluding hydrogens is 298 g/mol. The molecule has 3 rings (SSSR count). The number of aromatic nitrogens is 1. The van der Waals surface area contributed by atoms with Gasteiger partial charge in [0.15, 0.2) is 0 Å². The third kappa shape index (κ3) is 3.50. The maximum atomic E-state index is 13.8. The Morgan fingerprint density at radius 1 is 1.17 bits per heavy atom. The summed E-state index contributed by atoms with van der Waals surface area (Å²) in [4.78, 5) is 6.54. The van der Waals surface area contributed by atoms with Gasteiger partial charge in [-0.05, 0) is 61.6 Å². The Labute approximate surface area is 134 Å². The lowest BCUT2D eigenvalue weighted by Gasteiger charge is -2.35. The Morgan fingerprint density at radius 3 is 2.61 bits per heavy atom. The van der Waals surface area contributed by atoms with Crippen LogP contribution in [0.15, 0.2) is 36.5 Å². The van der Waals surface area contributed by atoms with E-state index in [2.05, 4.69) is 9.88 Å². The fourth-order valence-electron chi connectivity index (χ4n) is 3.13. The van der Waals surface area contributed by atoms with Crippen LogP contribution >= 0.6 is 0 Å². The Kier molecular flexibility index (Phi) is 4.57. The fraction of sp³-hybridized carbons (Fsp3) is 0.389. The van der Waals surface area contributed by atoms with Crippen LogP contribution in [0.2, 0.25) is 0 Å². The molecule has 5 heteroatoms. The van der Waals surface area contributed by atoms with Gasteiger partial charge in [0.1, 0.15) is 17.5 Å². The van der Waals surface area contributed by atoms with Crippen LogP contribution in [0.1, 0.15) is 30.1 Å². The molecule has 0 radical (unpaired) electrons.